The number of thiophene rings is 1. The number of carbonyl (C=O) groups excluding carboxylic acids is 1. The normalized spacial score (nSPS) is 11.1. The van der Waals surface area contributed by atoms with E-state index in [0.29, 0.717) is 21.9 Å². The van der Waals surface area contributed by atoms with Gasteiger partial charge in [0.25, 0.3) is 5.56 Å². The fraction of sp³-hybridized carbons (Fsp3) is 0.208. The summed E-state index contributed by atoms with van der Waals surface area (Å²) < 4.78 is 2.29. The number of nitrogens with one attached hydrogen (secondary N) is 1. The highest BCUT2D eigenvalue weighted by molar-refractivity contribution is 7.99. The minimum atomic E-state index is -0.121. The Morgan fingerprint density at radius 1 is 1.16 bits per heavy atom. The molecule has 4 rings (SSSR count). The number of anilines is 1. The van der Waals surface area contributed by atoms with Gasteiger partial charge in [0.1, 0.15) is 4.70 Å². The molecule has 0 unspecified atom stereocenters. The number of rotatable bonds is 6. The van der Waals surface area contributed by atoms with Gasteiger partial charge in [0.15, 0.2) is 5.16 Å². The molecule has 0 aliphatic rings. The Morgan fingerprint density at radius 3 is 2.68 bits per heavy atom. The van der Waals surface area contributed by atoms with E-state index in [-0.39, 0.29) is 17.2 Å². The van der Waals surface area contributed by atoms with Gasteiger partial charge < -0.3 is 5.32 Å². The van der Waals surface area contributed by atoms with Crippen molar-refractivity contribution < 1.29 is 4.79 Å². The molecule has 7 heteroatoms. The average Bonchev–Trinajstić information content (AvgIpc) is 3.20. The van der Waals surface area contributed by atoms with Crippen LogP contribution < -0.4 is 10.9 Å². The molecule has 4 aromatic rings. The third kappa shape index (κ3) is 4.43. The van der Waals surface area contributed by atoms with Gasteiger partial charge in [-0.2, -0.15) is 0 Å². The zero-order valence-electron chi connectivity index (χ0n) is 17.6. The van der Waals surface area contributed by atoms with Gasteiger partial charge >= 0.3 is 0 Å². The summed E-state index contributed by atoms with van der Waals surface area (Å²) in [4.78, 5) is 30.5. The molecule has 0 fully saturated rings. The van der Waals surface area contributed by atoms with Crippen molar-refractivity contribution in [2.75, 3.05) is 11.1 Å². The fourth-order valence-corrected chi connectivity index (χ4v) is 5.20. The second-order valence-corrected chi connectivity index (χ2v) is 9.11. The topological polar surface area (TPSA) is 64.0 Å². The molecular formula is C24H23N3O2S2. The van der Waals surface area contributed by atoms with Gasteiger partial charge in [-0.25, -0.2) is 4.98 Å². The smallest absolute Gasteiger partial charge is 0.272 e. The van der Waals surface area contributed by atoms with Crippen LogP contribution in [0.3, 0.4) is 0 Å². The molecule has 158 valence electrons. The molecule has 0 saturated carbocycles. The van der Waals surface area contributed by atoms with E-state index < -0.39 is 0 Å². The Hall–Kier alpha value is -2.90. The molecule has 31 heavy (non-hydrogen) atoms. The van der Waals surface area contributed by atoms with Crippen LogP contribution in [-0.4, -0.2) is 21.2 Å². The van der Waals surface area contributed by atoms with E-state index in [1.54, 1.807) is 4.57 Å². The second kappa shape index (κ2) is 9.08. The Bertz CT molecular complexity index is 1310. The van der Waals surface area contributed by atoms with Crippen molar-refractivity contribution in [3.8, 4) is 11.1 Å². The van der Waals surface area contributed by atoms with Crippen molar-refractivity contribution in [3.63, 3.8) is 0 Å². The van der Waals surface area contributed by atoms with E-state index in [1.165, 1.54) is 23.1 Å². The molecule has 0 aliphatic carbocycles. The SMILES string of the molecule is CCn1c(SCC(=O)Nc2cc(C)ccc2C)nc2c(-c3ccccc3)csc2c1=O. The number of nitrogens with zero attached hydrogens (tertiary/aromatic N) is 2. The highest BCUT2D eigenvalue weighted by atomic mass is 32.2. The van der Waals surface area contributed by atoms with Crippen LogP contribution in [-0.2, 0) is 11.3 Å². The summed E-state index contributed by atoms with van der Waals surface area (Å²) in [6, 6.07) is 15.9. The van der Waals surface area contributed by atoms with Crippen molar-refractivity contribution in [2.24, 2.45) is 0 Å². The third-order valence-corrected chi connectivity index (χ3v) is 6.98. The summed E-state index contributed by atoms with van der Waals surface area (Å²) in [7, 11) is 0. The predicted octanol–water partition coefficient (Wildman–Crippen LogP) is 5.49. The number of benzene rings is 2. The minimum Gasteiger partial charge on any atom is -0.325 e. The first-order valence-electron chi connectivity index (χ1n) is 10.0. The average molecular weight is 450 g/mol. The van der Waals surface area contributed by atoms with E-state index in [0.717, 1.165) is 27.9 Å². The Kier molecular flexibility index (Phi) is 6.25. The summed E-state index contributed by atoms with van der Waals surface area (Å²) in [6.07, 6.45) is 0. The van der Waals surface area contributed by atoms with Gasteiger partial charge in [-0.1, -0.05) is 54.2 Å². The van der Waals surface area contributed by atoms with Crippen LogP contribution in [0.1, 0.15) is 18.1 Å². The lowest BCUT2D eigenvalue weighted by atomic mass is 10.1. The van der Waals surface area contributed by atoms with Crippen LogP contribution in [0.4, 0.5) is 5.69 Å². The van der Waals surface area contributed by atoms with Crippen LogP contribution in [0.2, 0.25) is 0 Å². The number of hydrogen-bond acceptors (Lipinski definition) is 5. The number of thioether (sulfide) groups is 1. The van der Waals surface area contributed by atoms with Crippen molar-refractivity contribution in [1.82, 2.24) is 9.55 Å². The van der Waals surface area contributed by atoms with Crippen LogP contribution in [0.25, 0.3) is 21.3 Å². The number of carbonyl (C=O) groups is 1. The van der Waals surface area contributed by atoms with Crippen molar-refractivity contribution in [1.29, 1.82) is 0 Å². The maximum atomic E-state index is 13.1. The molecule has 0 bridgehead atoms. The molecule has 1 amide bonds. The first-order valence-corrected chi connectivity index (χ1v) is 11.9. The standard InChI is InChI=1S/C24H23N3O2S2/c1-4-27-23(29)22-21(18(13-30-22)17-8-6-5-7-9-17)26-24(27)31-14-20(28)25-19-12-15(2)10-11-16(19)3/h5-13H,4,14H2,1-3H3,(H,25,28). The highest BCUT2D eigenvalue weighted by Crippen LogP contribution is 2.32. The molecule has 0 spiro atoms. The van der Waals surface area contributed by atoms with Gasteiger partial charge in [0.2, 0.25) is 5.91 Å². The molecule has 0 aliphatic heterocycles. The number of amides is 1. The molecule has 0 saturated heterocycles. The molecule has 2 aromatic heterocycles. The van der Waals surface area contributed by atoms with Gasteiger partial charge in [0, 0.05) is 23.2 Å². The van der Waals surface area contributed by atoms with Gasteiger partial charge in [-0.3, -0.25) is 14.2 Å². The van der Waals surface area contributed by atoms with E-state index in [2.05, 4.69) is 5.32 Å². The van der Waals surface area contributed by atoms with Gasteiger partial charge in [0.05, 0.1) is 11.3 Å². The second-order valence-electron chi connectivity index (χ2n) is 7.29. The van der Waals surface area contributed by atoms with Crippen LogP contribution in [0.15, 0.2) is 63.9 Å². The number of hydrogen-bond donors (Lipinski definition) is 1. The fourth-order valence-electron chi connectivity index (χ4n) is 3.38. The number of aromatic nitrogens is 2. The maximum Gasteiger partial charge on any atom is 0.272 e. The number of fused-ring (bicyclic) bond motifs is 1. The van der Waals surface area contributed by atoms with Gasteiger partial charge in [-0.05, 0) is 43.5 Å². The lowest BCUT2D eigenvalue weighted by Crippen LogP contribution is -2.23. The first kappa shape index (κ1) is 21.3. The van der Waals surface area contributed by atoms with Crippen LogP contribution in [0.5, 0.6) is 0 Å². The Balaban J connectivity index is 1.63. The molecule has 2 aromatic carbocycles. The summed E-state index contributed by atoms with van der Waals surface area (Å²) in [6.45, 7) is 6.38. The summed E-state index contributed by atoms with van der Waals surface area (Å²) >= 11 is 2.71. The maximum absolute atomic E-state index is 13.1. The van der Waals surface area contributed by atoms with E-state index in [1.807, 2.05) is 74.7 Å². The van der Waals surface area contributed by atoms with Crippen molar-refractivity contribution in [2.45, 2.75) is 32.5 Å². The molecule has 2 heterocycles. The highest BCUT2D eigenvalue weighted by Gasteiger charge is 2.17. The zero-order chi connectivity index (χ0) is 22.0. The Morgan fingerprint density at radius 2 is 1.94 bits per heavy atom. The van der Waals surface area contributed by atoms with Crippen molar-refractivity contribution in [3.05, 3.63) is 75.4 Å². The summed E-state index contributed by atoms with van der Waals surface area (Å²) in [5.41, 5.74) is 5.53. The third-order valence-electron chi connectivity index (χ3n) is 5.04. The zero-order valence-corrected chi connectivity index (χ0v) is 19.3. The van der Waals surface area contributed by atoms with Gasteiger partial charge in [-0.15, -0.1) is 11.3 Å². The van der Waals surface area contributed by atoms with Crippen LogP contribution >= 0.6 is 23.1 Å². The largest absolute Gasteiger partial charge is 0.325 e. The summed E-state index contributed by atoms with van der Waals surface area (Å²) in [5, 5.41) is 5.51. The van der Waals surface area contributed by atoms with E-state index in [9.17, 15) is 9.59 Å². The lowest BCUT2D eigenvalue weighted by Gasteiger charge is -2.12. The number of aryl methyl sites for hydroxylation is 2. The molecule has 1 N–H and O–H groups in total. The quantitative estimate of drug-likeness (QED) is 0.312. The van der Waals surface area contributed by atoms with Crippen molar-refractivity contribution >= 4 is 44.9 Å². The molecular weight excluding hydrogens is 426 g/mol. The van der Waals surface area contributed by atoms with E-state index in [4.69, 9.17) is 4.98 Å². The Labute approximate surface area is 189 Å². The predicted molar refractivity (Wildman–Crippen MR) is 130 cm³/mol. The lowest BCUT2D eigenvalue weighted by molar-refractivity contribution is -0.113. The molecule has 5 nitrogen and oxygen atoms in total. The van der Waals surface area contributed by atoms with Crippen LogP contribution in [0, 0.1) is 13.8 Å². The first-order chi connectivity index (χ1) is 15.0. The molecule has 0 radical (unpaired) electrons. The molecule has 0 atom stereocenters. The van der Waals surface area contributed by atoms with E-state index >= 15 is 0 Å². The monoisotopic (exact) mass is 449 g/mol. The minimum absolute atomic E-state index is 0.0582. The summed E-state index contributed by atoms with van der Waals surface area (Å²) in [5.74, 6) is 0.0557.